The fourth-order valence-corrected chi connectivity index (χ4v) is 4.78. The first-order valence-electron chi connectivity index (χ1n) is 9.09. The van der Waals surface area contributed by atoms with Crippen LogP contribution in [0.15, 0.2) is 24.3 Å². The van der Waals surface area contributed by atoms with Crippen LogP contribution in [-0.2, 0) is 11.2 Å². The fourth-order valence-electron chi connectivity index (χ4n) is 3.50. The molecule has 5 nitrogen and oxygen atoms in total. The lowest BCUT2D eigenvalue weighted by Crippen LogP contribution is -2.25. The molecular weight excluding hydrogens is 382 g/mol. The highest BCUT2D eigenvalue weighted by Gasteiger charge is 2.26. The Morgan fingerprint density at radius 3 is 2.96 bits per heavy atom. The molecule has 0 fully saturated rings. The highest BCUT2D eigenvalue weighted by molar-refractivity contribution is 7.20. The van der Waals surface area contributed by atoms with E-state index in [1.807, 2.05) is 19.9 Å². The molecule has 0 N–H and O–H groups in total. The van der Waals surface area contributed by atoms with Crippen molar-refractivity contribution in [2.75, 3.05) is 18.1 Å². The van der Waals surface area contributed by atoms with Crippen LogP contribution in [0.4, 0.5) is 11.5 Å². The van der Waals surface area contributed by atoms with Crippen molar-refractivity contribution < 1.29 is 9.53 Å². The van der Waals surface area contributed by atoms with Crippen LogP contribution in [0.3, 0.4) is 0 Å². The van der Waals surface area contributed by atoms with Gasteiger partial charge < -0.3 is 9.64 Å². The third kappa shape index (κ3) is 3.28. The molecule has 7 heteroatoms. The van der Waals surface area contributed by atoms with Crippen molar-refractivity contribution in [1.29, 1.82) is 0 Å². The molecule has 0 amide bonds. The number of thiophene rings is 1. The van der Waals surface area contributed by atoms with Crippen LogP contribution in [0.5, 0.6) is 0 Å². The number of halogens is 1. The van der Waals surface area contributed by atoms with Gasteiger partial charge in [-0.25, -0.2) is 9.78 Å². The second-order valence-electron chi connectivity index (χ2n) is 6.57. The van der Waals surface area contributed by atoms with Gasteiger partial charge in [0.05, 0.1) is 12.0 Å². The number of aryl methyl sites for hydroxylation is 2. The Hall–Kier alpha value is -2.18. The SMILES string of the molecule is CCCOC(=O)c1sc2nc(Cl)nc(N3CCCc4ccccc43)c2c1C. The number of anilines is 2. The predicted octanol–water partition coefficient (Wildman–Crippen LogP) is 5.30. The second-order valence-corrected chi connectivity index (χ2v) is 7.91. The number of nitrogens with zero attached hydrogens (tertiary/aromatic N) is 3. The lowest BCUT2D eigenvalue weighted by atomic mass is 10.0. The van der Waals surface area contributed by atoms with Crippen LogP contribution < -0.4 is 4.90 Å². The van der Waals surface area contributed by atoms with Crippen molar-refractivity contribution in [1.82, 2.24) is 9.97 Å². The molecular formula is C20H20ClN3O2S. The highest BCUT2D eigenvalue weighted by Crippen LogP contribution is 2.41. The quantitative estimate of drug-likeness (QED) is 0.438. The summed E-state index contributed by atoms with van der Waals surface area (Å²) in [6.07, 6.45) is 2.87. The maximum Gasteiger partial charge on any atom is 0.348 e. The summed E-state index contributed by atoms with van der Waals surface area (Å²) in [5.74, 6) is 0.457. The number of rotatable bonds is 4. The Bertz CT molecular complexity index is 1020. The molecule has 0 radical (unpaired) electrons. The van der Waals surface area contributed by atoms with Gasteiger partial charge >= 0.3 is 5.97 Å². The molecule has 0 atom stereocenters. The average molecular weight is 402 g/mol. The Balaban J connectivity index is 1.87. The largest absolute Gasteiger partial charge is 0.462 e. The van der Waals surface area contributed by atoms with Crippen LogP contribution in [0.25, 0.3) is 10.2 Å². The standard InChI is InChI=1S/C20H20ClN3O2S/c1-3-11-26-19(25)16-12(2)15-17(22-20(21)23-18(15)27-16)24-10-6-8-13-7-4-5-9-14(13)24/h4-5,7,9H,3,6,8,10-11H2,1-2H3. The van der Waals surface area contributed by atoms with Crippen molar-refractivity contribution >= 4 is 50.6 Å². The normalized spacial score (nSPS) is 13.7. The van der Waals surface area contributed by atoms with E-state index in [9.17, 15) is 4.79 Å². The highest BCUT2D eigenvalue weighted by atomic mass is 35.5. The molecule has 4 rings (SSSR count). The molecule has 0 spiro atoms. The van der Waals surface area contributed by atoms with Gasteiger partial charge in [-0.05, 0) is 55.0 Å². The fraction of sp³-hybridized carbons (Fsp3) is 0.350. The lowest BCUT2D eigenvalue weighted by molar-refractivity contribution is 0.0510. The zero-order valence-corrected chi connectivity index (χ0v) is 16.9. The molecule has 27 heavy (non-hydrogen) atoms. The molecule has 0 bridgehead atoms. The van der Waals surface area contributed by atoms with E-state index >= 15 is 0 Å². The van der Waals surface area contributed by atoms with Crippen LogP contribution >= 0.6 is 22.9 Å². The van der Waals surface area contributed by atoms with Gasteiger partial charge in [-0.15, -0.1) is 11.3 Å². The summed E-state index contributed by atoms with van der Waals surface area (Å²) in [4.78, 5) is 24.9. The smallest absolute Gasteiger partial charge is 0.348 e. The number of carbonyl (C=O) groups excluding carboxylic acids is 1. The van der Waals surface area contributed by atoms with Crippen LogP contribution in [0.2, 0.25) is 5.28 Å². The van der Waals surface area contributed by atoms with Gasteiger partial charge in [0, 0.05) is 12.2 Å². The summed E-state index contributed by atoms with van der Waals surface area (Å²) in [6.45, 7) is 5.16. The minimum atomic E-state index is -0.307. The maximum atomic E-state index is 12.5. The first kappa shape index (κ1) is 18.2. The number of ether oxygens (including phenoxy) is 1. The number of carbonyl (C=O) groups is 1. The van der Waals surface area contributed by atoms with E-state index < -0.39 is 0 Å². The van der Waals surface area contributed by atoms with E-state index in [2.05, 4.69) is 33.1 Å². The monoisotopic (exact) mass is 401 g/mol. The minimum Gasteiger partial charge on any atom is -0.462 e. The first-order chi connectivity index (χ1) is 13.1. The number of hydrogen-bond acceptors (Lipinski definition) is 6. The molecule has 3 aromatic rings. The van der Waals surface area contributed by atoms with Crippen molar-refractivity contribution in [3.8, 4) is 0 Å². The Morgan fingerprint density at radius 1 is 1.33 bits per heavy atom. The molecule has 0 aliphatic carbocycles. The van der Waals surface area contributed by atoms with E-state index in [1.54, 1.807) is 0 Å². The van der Waals surface area contributed by atoms with Crippen molar-refractivity contribution in [3.63, 3.8) is 0 Å². The molecule has 2 aromatic heterocycles. The van der Waals surface area contributed by atoms with Gasteiger partial charge in [0.15, 0.2) is 0 Å². The van der Waals surface area contributed by atoms with Gasteiger partial charge in [0.25, 0.3) is 0 Å². The molecule has 3 heterocycles. The minimum absolute atomic E-state index is 0.190. The van der Waals surface area contributed by atoms with E-state index in [-0.39, 0.29) is 11.3 Å². The number of hydrogen-bond donors (Lipinski definition) is 0. The third-order valence-corrected chi connectivity index (χ3v) is 6.07. The van der Waals surface area contributed by atoms with Crippen LogP contribution in [-0.4, -0.2) is 29.1 Å². The number of benzene rings is 1. The Morgan fingerprint density at radius 2 is 2.15 bits per heavy atom. The molecule has 0 unspecified atom stereocenters. The van der Waals surface area contributed by atoms with Gasteiger partial charge in [-0.3, -0.25) is 0 Å². The summed E-state index contributed by atoms with van der Waals surface area (Å²) in [5, 5.41) is 1.07. The van der Waals surface area contributed by atoms with Crippen LogP contribution in [0, 0.1) is 6.92 Å². The Labute approximate surface area is 167 Å². The Kier molecular flexibility index (Phi) is 5.02. The first-order valence-corrected chi connectivity index (χ1v) is 10.3. The van der Waals surface area contributed by atoms with Crippen molar-refractivity contribution in [2.24, 2.45) is 0 Å². The van der Waals surface area contributed by atoms with Gasteiger partial charge in [-0.1, -0.05) is 25.1 Å². The van der Waals surface area contributed by atoms with Gasteiger partial charge in [0.1, 0.15) is 15.5 Å². The molecule has 1 aliphatic rings. The predicted molar refractivity (Wildman–Crippen MR) is 110 cm³/mol. The summed E-state index contributed by atoms with van der Waals surface area (Å²) in [7, 11) is 0. The third-order valence-electron chi connectivity index (χ3n) is 4.73. The number of para-hydroxylation sites is 1. The lowest BCUT2D eigenvalue weighted by Gasteiger charge is -2.31. The summed E-state index contributed by atoms with van der Waals surface area (Å²) >= 11 is 7.56. The van der Waals surface area contributed by atoms with Crippen LogP contribution in [0.1, 0.15) is 40.6 Å². The molecule has 1 aromatic carbocycles. The van der Waals surface area contributed by atoms with E-state index in [0.29, 0.717) is 16.3 Å². The number of fused-ring (bicyclic) bond motifs is 2. The molecule has 140 valence electrons. The summed E-state index contributed by atoms with van der Waals surface area (Å²) < 4.78 is 5.34. The zero-order valence-electron chi connectivity index (χ0n) is 15.3. The number of aromatic nitrogens is 2. The van der Waals surface area contributed by atoms with E-state index in [0.717, 1.165) is 48.3 Å². The topological polar surface area (TPSA) is 55.3 Å². The van der Waals surface area contributed by atoms with Gasteiger partial charge in [0.2, 0.25) is 5.28 Å². The van der Waals surface area contributed by atoms with Crippen molar-refractivity contribution in [3.05, 3.63) is 45.6 Å². The summed E-state index contributed by atoms with van der Waals surface area (Å²) in [6, 6.07) is 8.34. The van der Waals surface area contributed by atoms with Crippen molar-refractivity contribution in [2.45, 2.75) is 33.1 Å². The van der Waals surface area contributed by atoms with E-state index in [4.69, 9.17) is 16.3 Å². The zero-order chi connectivity index (χ0) is 19.0. The molecule has 0 saturated carbocycles. The molecule has 0 saturated heterocycles. The summed E-state index contributed by atoms with van der Waals surface area (Å²) in [5.41, 5.74) is 3.29. The second kappa shape index (κ2) is 7.44. The number of esters is 1. The molecule has 1 aliphatic heterocycles. The van der Waals surface area contributed by atoms with Gasteiger partial charge in [-0.2, -0.15) is 4.98 Å². The average Bonchev–Trinajstić information content (AvgIpc) is 3.01. The van der Waals surface area contributed by atoms with E-state index in [1.165, 1.54) is 16.9 Å². The maximum absolute atomic E-state index is 12.5.